The number of rotatable bonds is 4. The number of aromatic nitrogens is 3. The van der Waals surface area contributed by atoms with Crippen molar-refractivity contribution in [1.82, 2.24) is 20.1 Å². The van der Waals surface area contributed by atoms with Gasteiger partial charge in [0.05, 0.1) is 18.0 Å². The summed E-state index contributed by atoms with van der Waals surface area (Å²) in [5.41, 5.74) is 0.806. The van der Waals surface area contributed by atoms with E-state index < -0.39 is 0 Å². The highest BCUT2D eigenvalue weighted by atomic mass is 32.2. The van der Waals surface area contributed by atoms with Crippen molar-refractivity contribution in [3.05, 3.63) is 35.9 Å². The fraction of sp³-hybridized carbons (Fsp3) is 0.444. The van der Waals surface area contributed by atoms with Gasteiger partial charge in [-0.15, -0.1) is 22.0 Å². The zero-order valence-corrected chi connectivity index (χ0v) is 15.3. The molecule has 0 saturated carbocycles. The van der Waals surface area contributed by atoms with Crippen LogP contribution in [-0.2, 0) is 29.1 Å². The molecule has 3 heterocycles. The lowest BCUT2D eigenvalue weighted by Gasteiger charge is -2.28. The van der Waals surface area contributed by atoms with E-state index in [4.69, 9.17) is 0 Å². The van der Waals surface area contributed by atoms with Crippen molar-refractivity contribution < 1.29 is 9.59 Å². The maximum absolute atomic E-state index is 12.4. The molecular weight excluding hydrogens is 350 g/mol. The molecule has 0 radical (unpaired) electrons. The Hall–Kier alpha value is -2.35. The summed E-state index contributed by atoms with van der Waals surface area (Å²) >= 11 is 1.51. The number of para-hydroxylation sites is 1. The van der Waals surface area contributed by atoms with Crippen LogP contribution in [0.15, 0.2) is 29.2 Å². The van der Waals surface area contributed by atoms with Crippen molar-refractivity contribution in [3.63, 3.8) is 0 Å². The third-order valence-corrected chi connectivity index (χ3v) is 5.79. The summed E-state index contributed by atoms with van der Waals surface area (Å²) < 4.78 is 2.12. The lowest BCUT2D eigenvalue weighted by atomic mass is 10.2. The molecule has 0 fully saturated rings. The van der Waals surface area contributed by atoms with Gasteiger partial charge in [-0.1, -0.05) is 18.6 Å². The highest BCUT2D eigenvalue weighted by molar-refractivity contribution is 8.00. The Morgan fingerprint density at radius 1 is 1.19 bits per heavy atom. The van der Waals surface area contributed by atoms with E-state index in [1.54, 1.807) is 4.90 Å². The van der Waals surface area contributed by atoms with Crippen LogP contribution in [0.5, 0.6) is 0 Å². The van der Waals surface area contributed by atoms with Crippen LogP contribution in [-0.4, -0.2) is 38.9 Å². The molecule has 0 saturated heterocycles. The molecule has 2 aliphatic rings. The molecule has 7 nitrogen and oxygen atoms in total. The highest BCUT2D eigenvalue weighted by Crippen LogP contribution is 2.34. The van der Waals surface area contributed by atoms with Crippen LogP contribution in [0.4, 0.5) is 5.69 Å². The number of carbonyl (C=O) groups excluding carboxylic acids is 2. The first-order chi connectivity index (χ1) is 12.7. The standard InChI is InChI=1S/C18H21N5O2S/c24-17(11-23-13-6-3-4-7-14(13)26-12-18(23)25)19-10-16-21-20-15-8-2-1-5-9-22(15)16/h3-4,6-7H,1-2,5,8-12H2,(H,19,24). The minimum atomic E-state index is -0.189. The van der Waals surface area contributed by atoms with E-state index in [0.717, 1.165) is 48.0 Å². The van der Waals surface area contributed by atoms with Crippen LogP contribution in [0.2, 0.25) is 0 Å². The molecule has 0 unspecified atom stereocenters. The van der Waals surface area contributed by atoms with E-state index >= 15 is 0 Å². The number of amides is 2. The second-order valence-corrected chi connectivity index (χ2v) is 7.52. The average Bonchev–Trinajstić information content (AvgIpc) is 2.88. The lowest BCUT2D eigenvalue weighted by molar-refractivity contribution is -0.123. The average molecular weight is 371 g/mol. The lowest BCUT2D eigenvalue weighted by Crippen LogP contribution is -2.43. The summed E-state index contributed by atoms with van der Waals surface area (Å²) in [6.07, 6.45) is 4.39. The summed E-state index contributed by atoms with van der Waals surface area (Å²) in [7, 11) is 0. The first-order valence-corrected chi connectivity index (χ1v) is 9.91. The molecule has 26 heavy (non-hydrogen) atoms. The first-order valence-electron chi connectivity index (χ1n) is 8.92. The van der Waals surface area contributed by atoms with Crippen LogP contribution in [0.1, 0.15) is 30.9 Å². The number of aryl methyl sites for hydroxylation is 1. The molecule has 8 heteroatoms. The normalized spacial score (nSPS) is 16.6. The van der Waals surface area contributed by atoms with Gasteiger partial charge in [0.2, 0.25) is 11.8 Å². The molecule has 2 aliphatic heterocycles. The van der Waals surface area contributed by atoms with Gasteiger partial charge in [0.25, 0.3) is 0 Å². The van der Waals surface area contributed by atoms with Gasteiger partial charge in [0, 0.05) is 17.9 Å². The first kappa shape index (κ1) is 17.1. The number of anilines is 1. The number of hydrogen-bond acceptors (Lipinski definition) is 5. The minimum Gasteiger partial charge on any atom is -0.347 e. The summed E-state index contributed by atoms with van der Waals surface area (Å²) in [4.78, 5) is 27.3. The number of nitrogens with zero attached hydrogens (tertiary/aromatic N) is 4. The van der Waals surface area contributed by atoms with E-state index in [9.17, 15) is 9.59 Å². The van der Waals surface area contributed by atoms with Gasteiger partial charge < -0.3 is 14.8 Å². The van der Waals surface area contributed by atoms with E-state index in [1.807, 2.05) is 24.3 Å². The molecule has 2 aromatic rings. The molecule has 0 aliphatic carbocycles. The molecule has 1 aromatic carbocycles. The number of carbonyl (C=O) groups is 2. The largest absolute Gasteiger partial charge is 0.347 e. The third-order valence-electron chi connectivity index (χ3n) is 4.74. The molecule has 1 N–H and O–H groups in total. The second-order valence-electron chi connectivity index (χ2n) is 6.51. The Morgan fingerprint density at radius 3 is 3.00 bits per heavy atom. The number of fused-ring (bicyclic) bond motifs is 2. The van der Waals surface area contributed by atoms with Crippen molar-refractivity contribution >= 4 is 29.3 Å². The van der Waals surface area contributed by atoms with E-state index in [-0.39, 0.29) is 18.4 Å². The quantitative estimate of drug-likeness (QED) is 0.886. The van der Waals surface area contributed by atoms with Crippen LogP contribution in [0.25, 0.3) is 0 Å². The molecule has 136 valence electrons. The Morgan fingerprint density at radius 2 is 2.08 bits per heavy atom. The second kappa shape index (κ2) is 7.49. The monoisotopic (exact) mass is 371 g/mol. The Balaban J connectivity index is 1.41. The van der Waals surface area contributed by atoms with Gasteiger partial charge in [-0.3, -0.25) is 9.59 Å². The molecule has 0 spiro atoms. The van der Waals surface area contributed by atoms with Gasteiger partial charge in [0.15, 0.2) is 5.82 Å². The minimum absolute atomic E-state index is 0.0252. The number of thioether (sulfide) groups is 1. The fourth-order valence-electron chi connectivity index (χ4n) is 3.38. The van der Waals surface area contributed by atoms with Crippen LogP contribution >= 0.6 is 11.8 Å². The molecule has 4 rings (SSSR count). The van der Waals surface area contributed by atoms with Crippen molar-refractivity contribution in [3.8, 4) is 0 Å². The zero-order chi connectivity index (χ0) is 17.9. The van der Waals surface area contributed by atoms with Gasteiger partial charge in [-0.25, -0.2) is 0 Å². The predicted octanol–water partition coefficient (Wildman–Crippen LogP) is 1.76. The maximum Gasteiger partial charge on any atom is 0.240 e. The van der Waals surface area contributed by atoms with Gasteiger partial charge in [-0.05, 0) is 25.0 Å². The summed E-state index contributed by atoms with van der Waals surface area (Å²) in [5.74, 6) is 1.92. The summed E-state index contributed by atoms with van der Waals surface area (Å²) in [6.45, 7) is 1.27. The smallest absolute Gasteiger partial charge is 0.240 e. The topological polar surface area (TPSA) is 80.1 Å². The number of benzene rings is 1. The molecular formula is C18H21N5O2S. The highest BCUT2D eigenvalue weighted by Gasteiger charge is 2.26. The van der Waals surface area contributed by atoms with Crippen molar-refractivity contribution in [1.29, 1.82) is 0 Å². The molecule has 2 amide bonds. The van der Waals surface area contributed by atoms with E-state index in [1.165, 1.54) is 18.2 Å². The van der Waals surface area contributed by atoms with E-state index in [2.05, 4.69) is 20.1 Å². The van der Waals surface area contributed by atoms with Crippen molar-refractivity contribution in [2.75, 3.05) is 17.2 Å². The summed E-state index contributed by atoms with van der Waals surface area (Å²) in [6, 6.07) is 7.68. The Labute approximate surface area is 156 Å². The maximum atomic E-state index is 12.4. The SMILES string of the molecule is O=C(CN1C(=O)CSc2ccccc21)NCc1nnc2n1CCCCC2. The van der Waals surface area contributed by atoms with E-state index in [0.29, 0.717) is 12.3 Å². The zero-order valence-electron chi connectivity index (χ0n) is 14.5. The van der Waals surface area contributed by atoms with Crippen molar-refractivity contribution in [2.45, 2.75) is 43.7 Å². The van der Waals surface area contributed by atoms with Crippen LogP contribution < -0.4 is 10.2 Å². The summed E-state index contributed by atoms with van der Waals surface area (Å²) in [5, 5.41) is 11.4. The van der Waals surface area contributed by atoms with Crippen LogP contribution in [0.3, 0.4) is 0 Å². The molecule has 0 bridgehead atoms. The predicted molar refractivity (Wildman–Crippen MR) is 98.9 cm³/mol. The van der Waals surface area contributed by atoms with Gasteiger partial charge in [0.1, 0.15) is 12.4 Å². The Kier molecular flexibility index (Phi) is 4.92. The van der Waals surface area contributed by atoms with Crippen molar-refractivity contribution in [2.24, 2.45) is 0 Å². The molecule has 1 aromatic heterocycles. The number of nitrogens with one attached hydrogen (secondary N) is 1. The Bertz CT molecular complexity index is 835. The third kappa shape index (κ3) is 3.46. The fourth-order valence-corrected chi connectivity index (χ4v) is 4.32. The van der Waals surface area contributed by atoms with Gasteiger partial charge in [-0.2, -0.15) is 0 Å². The van der Waals surface area contributed by atoms with Crippen LogP contribution in [0, 0.1) is 0 Å². The number of hydrogen-bond donors (Lipinski definition) is 1. The molecule has 0 atom stereocenters. The van der Waals surface area contributed by atoms with Gasteiger partial charge >= 0.3 is 0 Å².